The van der Waals surface area contributed by atoms with E-state index in [0.29, 0.717) is 22.1 Å². The fourth-order valence-electron chi connectivity index (χ4n) is 1.65. The predicted octanol–water partition coefficient (Wildman–Crippen LogP) is 3.05. The fraction of sp³-hybridized carbons (Fsp3) is 0.214. The van der Waals surface area contributed by atoms with Crippen LogP contribution in [0.15, 0.2) is 24.3 Å². The van der Waals surface area contributed by atoms with Gasteiger partial charge in [-0.2, -0.15) is 5.26 Å². The Kier molecular flexibility index (Phi) is 4.33. The molecule has 0 aliphatic carbocycles. The molecule has 0 fully saturated rings. The highest BCUT2D eigenvalue weighted by Crippen LogP contribution is 2.26. The number of thiazole rings is 1. The molecule has 1 aromatic carbocycles. The summed E-state index contributed by atoms with van der Waals surface area (Å²) in [5, 5.41) is 12.4. The molecule has 2 rings (SSSR count). The second-order valence-electron chi connectivity index (χ2n) is 4.08. The number of methoxy groups -OCH3 is 1. The van der Waals surface area contributed by atoms with Gasteiger partial charge in [-0.1, -0.05) is 23.5 Å². The number of benzene rings is 1. The Balaban J connectivity index is 2.14. The van der Waals surface area contributed by atoms with Gasteiger partial charge in [0.1, 0.15) is 4.88 Å². The van der Waals surface area contributed by atoms with Gasteiger partial charge in [-0.15, -0.1) is 0 Å². The molecule has 0 bridgehead atoms. The molecule has 1 aromatic heterocycles. The highest BCUT2D eigenvalue weighted by Gasteiger charge is 2.15. The molecule has 0 aliphatic heterocycles. The lowest BCUT2D eigenvalue weighted by atomic mass is 10.1. The predicted molar refractivity (Wildman–Crippen MR) is 77.2 cm³/mol. The zero-order valence-electron chi connectivity index (χ0n) is 11.1. The lowest BCUT2D eigenvalue weighted by molar-refractivity contribution is 0.0605. The summed E-state index contributed by atoms with van der Waals surface area (Å²) in [6.07, 6.45) is 0.392. The number of hydrogen-bond acceptors (Lipinski definition) is 6. The summed E-state index contributed by atoms with van der Waals surface area (Å²) in [7, 11) is 1.35. The van der Waals surface area contributed by atoms with E-state index in [9.17, 15) is 4.79 Å². The first-order valence-corrected chi connectivity index (χ1v) is 6.74. The van der Waals surface area contributed by atoms with Crippen LogP contribution in [0.25, 0.3) is 0 Å². The van der Waals surface area contributed by atoms with E-state index in [-0.39, 0.29) is 5.97 Å². The molecule has 5 nitrogen and oxygen atoms in total. The van der Waals surface area contributed by atoms with E-state index >= 15 is 0 Å². The second-order valence-corrected chi connectivity index (χ2v) is 5.08. The van der Waals surface area contributed by atoms with E-state index in [0.717, 1.165) is 11.3 Å². The van der Waals surface area contributed by atoms with Crippen molar-refractivity contribution in [3.63, 3.8) is 0 Å². The zero-order valence-corrected chi connectivity index (χ0v) is 12.0. The lowest BCUT2D eigenvalue weighted by Gasteiger charge is -2.02. The third-order valence-corrected chi connectivity index (χ3v) is 3.71. The van der Waals surface area contributed by atoms with Crippen molar-refractivity contribution >= 4 is 28.1 Å². The summed E-state index contributed by atoms with van der Waals surface area (Å²) in [5.74, 6) is -0.377. The zero-order chi connectivity index (χ0) is 14.5. The molecule has 0 amide bonds. The van der Waals surface area contributed by atoms with Gasteiger partial charge in [0.05, 0.1) is 25.3 Å². The number of hydrogen-bond donors (Lipinski definition) is 1. The van der Waals surface area contributed by atoms with Crippen LogP contribution in [0.5, 0.6) is 0 Å². The van der Waals surface area contributed by atoms with E-state index in [1.54, 1.807) is 6.92 Å². The van der Waals surface area contributed by atoms with Crippen LogP contribution < -0.4 is 5.32 Å². The van der Waals surface area contributed by atoms with Crippen LogP contribution in [-0.2, 0) is 11.2 Å². The standard InChI is InChI=1S/C14H13N3O2S/c1-9-12(13(18)19-2)20-14(16-9)17-11-5-3-10(4-6-11)7-8-15/h3-6H,7H2,1-2H3,(H,16,17). The van der Waals surface area contributed by atoms with Gasteiger partial charge in [-0.3, -0.25) is 0 Å². The van der Waals surface area contributed by atoms with Crippen molar-refractivity contribution in [1.82, 2.24) is 4.98 Å². The molecule has 1 heterocycles. The maximum absolute atomic E-state index is 11.5. The number of nitriles is 1. The van der Waals surface area contributed by atoms with Crippen molar-refractivity contribution in [1.29, 1.82) is 5.26 Å². The first-order valence-electron chi connectivity index (χ1n) is 5.92. The van der Waals surface area contributed by atoms with Gasteiger partial charge in [0.15, 0.2) is 5.13 Å². The van der Waals surface area contributed by atoms with Gasteiger partial charge in [-0.25, -0.2) is 9.78 Å². The van der Waals surface area contributed by atoms with Crippen molar-refractivity contribution < 1.29 is 9.53 Å². The van der Waals surface area contributed by atoms with Crippen molar-refractivity contribution in [3.05, 3.63) is 40.4 Å². The highest BCUT2D eigenvalue weighted by molar-refractivity contribution is 7.17. The van der Waals surface area contributed by atoms with Gasteiger partial charge in [0, 0.05) is 5.69 Å². The first-order chi connectivity index (χ1) is 9.63. The molecule has 20 heavy (non-hydrogen) atoms. The topological polar surface area (TPSA) is 75.0 Å². The molecular weight excluding hydrogens is 274 g/mol. The second kappa shape index (κ2) is 6.17. The smallest absolute Gasteiger partial charge is 0.350 e. The van der Waals surface area contributed by atoms with Crippen LogP contribution in [0.2, 0.25) is 0 Å². The quantitative estimate of drug-likeness (QED) is 0.875. The Labute approximate surface area is 120 Å². The molecule has 0 saturated carbocycles. The molecule has 0 atom stereocenters. The number of anilines is 2. The third kappa shape index (κ3) is 3.13. The summed E-state index contributed by atoms with van der Waals surface area (Å²) in [6.45, 7) is 1.77. The van der Waals surface area contributed by atoms with E-state index < -0.39 is 0 Å². The molecular formula is C14H13N3O2S. The van der Waals surface area contributed by atoms with Crippen molar-refractivity contribution in [2.24, 2.45) is 0 Å². The monoisotopic (exact) mass is 287 g/mol. The Morgan fingerprint density at radius 3 is 2.75 bits per heavy atom. The average molecular weight is 287 g/mol. The van der Waals surface area contributed by atoms with Gasteiger partial charge in [-0.05, 0) is 24.6 Å². The molecule has 6 heteroatoms. The third-order valence-electron chi connectivity index (χ3n) is 2.66. The Morgan fingerprint density at radius 2 is 2.15 bits per heavy atom. The van der Waals surface area contributed by atoms with Gasteiger partial charge in [0.2, 0.25) is 0 Å². The van der Waals surface area contributed by atoms with Crippen LogP contribution >= 0.6 is 11.3 Å². The SMILES string of the molecule is COC(=O)c1sc(Nc2ccc(CC#N)cc2)nc1C. The maximum atomic E-state index is 11.5. The Morgan fingerprint density at radius 1 is 1.45 bits per heavy atom. The number of nitrogens with zero attached hydrogens (tertiary/aromatic N) is 2. The summed E-state index contributed by atoms with van der Waals surface area (Å²) >= 11 is 1.25. The Hall–Kier alpha value is -2.39. The number of ether oxygens (including phenoxy) is 1. The molecule has 0 radical (unpaired) electrons. The number of carbonyl (C=O) groups excluding carboxylic acids is 1. The number of nitrogens with one attached hydrogen (secondary N) is 1. The minimum absolute atomic E-state index is 0.377. The lowest BCUT2D eigenvalue weighted by Crippen LogP contribution is -1.99. The van der Waals surface area contributed by atoms with Gasteiger partial charge in [0.25, 0.3) is 0 Å². The minimum atomic E-state index is -0.377. The summed E-state index contributed by atoms with van der Waals surface area (Å²) < 4.78 is 4.70. The summed E-state index contributed by atoms with van der Waals surface area (Å²) in [5.41, 5.74) is 2.46. The normalized spacial score (nSPS) is 9.85. The Bertz CT molecular complexity index is 656. The van der Waals surface area contributed by atoms with Gasteiger partial charge < -0.3 is 10.1 Å². The number of esters is 1. The molecule has 0 saturated heterocycles. The van der Waals surface area contributed by atoms with E-state index in [4.69, 9.17) is 10.00 Å². The summed E-state index contributed by atoms with van der Waals surface area (Å²) in [6, 6.07) is 9.62. The highest BCUT2D eigenvalue weighted by atomic mass is 32.1. The van der Waals surface area contributed by atoms with Crippen LogP contribution in [0.3, 0.4) is 0 Å². The van der Waals surface area contributed by atoms with Crippen molar-refractivity contribution in [2.45, 2.75) is 13.3 Å². The molecule has 0 aliphatic rings. The van der Waals surface area contributed by atoms with E-state index in [2.05, 4.69) is 16.4 Å². The first kappa shape index (κ1) is 14.0. The molecule has 102 valence electrons. The molecule has 2 aromatic rings. The molecule has 0 unspecified atom stereocenters. The average Bonchev–Trinajstić information content (AvgIpc) is 2.81. The van der Waals surface area contributed by atoms with Crippen LogP contribution in [-0.4, -0.2) is 18.1 Å². The van der Waals surface area contributed by atoms with Crippen molar-refractivity contribution in [3.8, 4) is 6.07 Å². The maximum Gasteiger partial charge on any atom is 0.350 e. The number of carbonyl (C=O) groups is 1. The fourth-order valence-corrected chi connectivity index (χ4v) is 2.56. The van der Waals surface area contributed by atoms with Crippen LogP contribution in [0, 0.1) is 18.3 Å². The summed E-state index contributed by atoms with van der Waals surface area (Å²) in [4.78, 5) is 16.3. The molecule has 0 spiro atoms. The number of rotatable bonds is 4. The number of aromatic nitrogens is 1. The van der Waals surface area contributed by atoms with Crippen LogP contribution in [0.4, 0.5) is 10.8 Å². The largest absolute Gasteiger partial charge is 0.465 e. The number of aryl methyl sites for hydroxylation is 1. The molecule has 1 N–H and O–H groups in total. The van der Waals surface area contributed by atoms with Crippen LogP contribution in [0.1, 0.15) is 20.9 Å². The van der Waals surface area contributed by atoms with Gasteiger partial charge >= 0.3 is 5.97 Å². The van der Waals surface area contributed by atoms with E-state index in [1.807, 2.05) is 24.3 Å². The van der Waals surface area contributed by atoms with E-state index in [1.165, 1.54) is 18.4 Å². The minimum Gasteiger partial charge on any atom is -0.465 e. The van der Waals surface area contributed by atoms with Crippen molar-refractivity contribution in [2.75, 3.05) is 12.4 Å².